The van der Waals surface area contributed by atoms with Crippen LogP contribution >= 0.6 is 0 Å². The third-order valence-corrected chi connectivity index (χ3v) is 13.4. The highest BCUT2D eigenvalue weighted by molar-refractivity contribution is 5.25. The minimum Gasteiger partial charge on any atom is -0.378 e. The van der Waals surface area contributed by atoms with E-state index in [-0.39, 0.29) is 50.5 Å². The van der Waals surface area contributed by atoms with E-state index in [1.165, 1.54) is 36.8 Å². The Morgan fingerprint density at radius 1 is 0.517 bits per heavy atom. The zero-order valence-electron chi connectivity index (χ0n) is 34.1. The third kappa shape index (κ3) is 9.68. The Bertz CT molecular complexity index is 1840. The quantitative estimate of drug-likeness (QED) is 0.277. The fraction of sp³-hybridized carbons (Fsp3) is 0.622. The first-order valence-corrected chi connectivity index (χ1v) is 21.0. The van der Waals surface area contributed by atoms with Gasteiger partial charge in [-0.15, -0.1) is 0 Å². The summed E-state index contributed by atoms with van der Waals surface area (Å²) in [7, 11) is 0. The van der Waals surface area contributed by atoms with Gasteiger partial charge in [-0.05, 0) is 87.9 Å². The van der Waals surface area contributed by atoms with E-state index in [1.54, 1.807) is 18.2 Å². The summed E-state index contributed by atoms with van der Waals surface area (Å²) in [6.45, 7) is 6.37. The standard InChI is InChI=1S/C15H21FN2O2.2C15H17FN2O2/c3*16-12-1-2-13(18-9-12)14(3-6-17)4-8-20-15(10-14)5-7-19-11-15/h1-2,9H,3-8,10-11,17H2;2*1-2,9H,3-5,7-8,10-11H2/t3*14-,15-/m110/s1. The van der Waals surface area contributed by atoms with E-state index in [0.29, 0.717) is 85.1 Å². The highest BCUT2D eigenvalue weighted by Crippen LogP contribution is 2.48. The van der Waals surface area contributed by atoms with Crippen molar-refractivity contribution in [1.29, 1.82) is 10.5 Å². The molecule has 9 heterocycles. The van der Waals surface area contributed by atoms with Gasteiger partial charge in [-0.1, -0.05) is 0 Å². The topological polar surface area (TPSA) is 168 Å². The number of pyridine rings is 3. The Kier molecular flexibility index (Phi) is 13.9. The van der Waals surface area contributed by atoms with Crippen LogP contribution in [0, 0.1) is 40.1 Å². The van der Waals surface area contributed by atoms with Gasteiger partial charge in [0, 0.05) is 105 Å². The first-order valence-electron chi connectivity index (χ1n) is 21.0. The number of hydrogen-bond donors (Lipinski definition) is 1. The molecule has 0 bridgehead atoms. The highest BCUT2D eigenvalue weighted by Gasteiger charge is 2.52. The molecule has 2 N–H and O–H groups in total. The van der Waals surface area contributed by atoms with E-state index in [0.717, 1.165) is 75.1 Å². The molecule has 0 radical (unpaired) electrons. The smallest absolute Gasteiger partial charge is 0.141 e. The van der Waals surface area contributed by atoms with Crippen molar-refractivity contribution in [3.63, 3.8) is 0 Å². The van der Waals surface area contributed by atoms with E-state index in [9.17, 15) is 23.7 Å². The zero-order chi connectivity index (χ0) is 42.2. The van der Waals surface area contributed by atoms with Crippen molar-refractivity contribution in [2.24, 2.45) is 5.73 Å². The number of nitrogens with zero attached hydrogens (tertiary/aromatic N) is 5. The summed E-state index contributed by atoms with van der Waals surface area (Å²) < 4.78 is 73.7. The van der Waals surface area contributed by atoms with Crippen molar-refractivity contribution in [3.8, 4) is 12.1 Å². The summed E-state index contributed by atoms with van der Waals surface area (Å²) in [6.07, 6.45) is 12.6. The average Bonchev–Trinajstić information content (AvgIpc) is 4.02. The van der Waals surface area contributed by atoms with Crippen LogP contribution in [0.5, 0.6) is 0 Å². The van der Waals surface area contributed by atoms with Crippen molar-refractivity contribution in [1.82, 2.24) is 15.0 Å². The van der Waals surface area contributed by atoms with Gasteiger partial charge in [0.25, 0.3) is 0 Å². The molecule has 6 atom stereocenters. The average molecular weight is 833 g/mol. The largest absolute Gasteiger partial charge is 0.378 e. The summed E-state index contributed by atoms with van der Waals surface area (Å²) in [5.41, 5.74) is 6.70. The molecule has 6 aliphatic heterocycles. The lowest BCUT2D eigenvalue weighted by Gasteiger charge is -2.45. The normalized spacial score (nSPS) is 33.4. The predicted octanol–water partition coefficient (Wildman–Crippen LogP) is 6.46. The maximum absolute atomic E-state index is 13.1. The Balaban J connectivity index is 0.000000136. The van der Waals surface area contributed by atoms with Gasteiger partial charge in [-0.25, -0.2) is 13.2 Å². The van der Waals surface area contributed by atoms with Gasteiger partial charge < -0.3 is 34.2 Å². The Hall–Kier alpha value is -4.06. The van der Waals surface area contributed by atoms with Crippen LogP contribution in [0.25, 0.3) is 0 Å². The third-order valence-electron chi connectivity index (χ3n) is 13.4. The van der Waals surface area contributed by atoms with Gasteiger partial charge >= 0.3 is 0 Å². The molecule has 0 amide bonds. The van der Waals surface area contributed by atoms with Crippen LogP contribution in [0.3, 0.4) is 0 Å². The van der Waals surface area contributed by atoms with Gasteiger partial charge in [0.15, 0.2) is 0 Å². The van der Waals surface area contributed by atoms with Crippen LogP contribution in [0.15, 0.2) is 55.0 Å². The lowest BCUT2D eigenvalue weighted by atomic mass is 9.68. The molecule has 9 rings (SSSR count). The van der Waals surface area contributed by atoms with Crippen molar-refractivity contribution in [2.75, 3.05) is 66.0 Å². The molecular formula is C45H55F3N6O6. The first-order chi connectivity index (χ1) is 29.0. The van der Waals surface area contributed by atoms with E-state index in [1.807, 2.05) is 0 Å². The molecule has 6 saturated heterocycles. The fourth-order valence-corrected chi connectivity index (χ4v) is 10.3. The van der Waals surface area contributed by atoms with E-state index >= 15 is 0 Å². The van der Waals surface area contributed by atoms with Crippen molar-refractivity contribution in [3.05, 3.63) is 89.5 Å². The maximum atomic E-state index is 13.1. The second kappa shape index (κ2) is 18.9. The molecule has 3 aromatic rings. The zero-order valence-corrected chi connectivity index (χ0v) is 34.1. The van der Waals surface area contributed by atoms with Gasteiger partial charge in [0.05, 0.1) is 67.4 Å². The molecule has 6 aliphatic rings. The SMILES string of the molecule is N#CC[C@@]1(c2ccc(F)cn2)CCO[C@]2(CCOC2)C1.N#CC[C@]1(c2ccc(F)cn2)CCO[C@@]2(CCOC2)C1.NCC[C@@]1(c2ccc(F)cn2)CCO[C@]2(CCOC2)C1. The molecule has 12 nitrogen and oxygen atoms in total. The number of ether oxygens (including phenoxy) is 6. The Labute approximate surface area is 349 Å². The van der Waals surface area contributed by atoms with Crippen molar-refractivity contribution >= 4 is 0 Å². The minimum atomic E-state index is -0.355. The predicted molar refractivity (Wildman–Crippen MR) is 212 cm³/mol. The molecule has 0 aliphatic carbocycles. The maximum Gasteiger partial charge on any atom is 0.141 e. The molecule has 6 fully saturated rings. The van der Waals surface area contributed by atoms with Crippen LogP contribution in [-0.2, 0) is 44.7 Å². The summed E-state index contributed by atoms with van der Waals surface area (Å²) >= 11 is 0. The summed E-state index contributed by atoms with van der Waals surface area (Å²) in [6, 6.07) is 14.0. The van der Waals surface area contributed by atoms with Crippen molar-refractivity contribution < 1.29 is 41.6 Å². The van der Waals surface area contributed by atoms with Crippen LogP contribution in [0.1, 0.15) is 94.1 Å². The molecule has 0 unspecified atom stereocenters. The van der Waals surface area contributed by atoms with Crippen LogP contribution < -0.4 is 5.73 Å². The number of halogens is 3. The molecule has 0 saturated carbocycles. The van der Waals surface area contributed by atoms with Crippen molar-refractivity contribution in [2.45, 2.75) is 110 Å². The number of nitriles is 2. The number of rotatable bonds is 7. The van der Waals surface area contributed by atoms with Gasteiger partial charge in [0.2, 0.25) is 0 Å². The molecule has 0 aromatic carbocycles. The molecule has 322 valence electrons. The number of aromatic nitrogens is 3. The first kappa shape index (κ1) is 44.0. The summed E-state index contributed by atoms with van der Waals surface area (Å²) in [5.74, 6) is -1.01. The molecular weight excluding hydrogens is 778 g/mol. The van der Waals surface area contributed by atoms with Crippen LogP contribution in [0.2, 0.25) is 0 Å². The molecule has 3 aromatic heterocycles. The van der Waals surface area contributed by atoms with Crippen LogP contribution in [-0.4, -0.2) is 97.8 Å². The van der Waals surface area contributed by atoms with Gasteiger partial charge in [-0.3, -0.25) is 15.0 Å². The number of hydrogen-bond acceptors (Lipinski definition) is 12. The fourth-order valence-electron chi connectivity index (χ4n) is 10.3. The molecule has 60 heavy (non-hydrogen) atoms. The monoisotopic (exact) mass is 832 g/mol. The van der Waals surface area contributed by atoms with E-state index in [4.69, 9.17) is 34.2 Å². The van der Waals surface area contributed by atoms with E-state index in [2.05, 4.69) is 27.1 Å². The second-order valence-electron chi connectivity index (χ2n) is 17.4. The Morgan fingerprint density at radius 2 is 0.867 bits per heavy atom. The summed E-state index contributed by atoms with van der Waals surface area (Å²) in [4.78, 5) is 12.8. The van der Waals surface area contributed by atoms with Gasteiger partial charge in [-0.2, -0.15) is 10.5 Å². The minimum absolute atomic E-state index is 0.117. The molecule has 15 heteroatoms. The van der Waals surface area contributed by atoms with Gasteiger partial charge in [0.1, 0.15) is 17.5 Å². The highest BCUT2D eigenvalue weighted by atomic mass is 19.1. The van der Waals surface area contributed by atoms with E-state index < -0.39 is 0 Å². The lowest BCUT2D eigenvalue weighted by Crippen LogP contribution is -2.49. The Morgan fingerprint density at radius 3 is 1.17 bits per heavy atom. The molecule has 3 spiro atoms. The van der Waals surface area contributed by atoms with Crippen LogP contribution in [0.4, 0.5) is 13.2 Å². The lowest BCUT2D eigenvalue weighted by molar-refractivity contribution is -0.108. The second-order valence-corrected chi connectivity index (χ2v) is 17.4. The summed E-state index contributed by atoms with van der Waals surface area (Å²) in [5, 5.41) is 18.4. The number of nitrogens with two attached hydrogens (primary N) is 1.